The number of aliphatic carboxylic acids is 3. The van der Waals surface area contributed by atoms with Crippen molar-refractivity contribution in [3.05, 3.63) is 106 Å². The third kappa shape index (κ3) is 18.3. The molecule has 43 heavy (non-hydrogen) atoms. The second-order valence-electron chi connectivity index (χ2n) is 8.26. The molecule has 0 amide bonds. The van der Waals surface area contributed by atoms with Gasteiger partial charge in [-0.3, -0.25) is 14.4 Å². The number of carbonyl (C=O) groups is 3. The summed E-state index contributed by atoms with van der Waals surface area (Å²) in [5.74, 6) is -4.01. The van der Waals surface area contributed by atoms with Gasteiger partial charge < -0.3 is 32.5 Å². The fourth-order valence-corrected chi connectivity index (χ4v) is 3.19. The van der Waals surface area contributed by atoms with Gasteiger partial charge in [0.15, 0.2) is 0 Å². The molecule has 0 saturated heterocycles. The first kappa shape index (κ1) is 41.2. The molecule has 0 aliphatic carbocycles. The third-order valence-corrected chi connectivity index (χ3v) is 5.46. The van der Waals surface area contributed by atoms with Gasteiger partial charge in [-0.25, -0.2) is 8.78 Å². The third-order valence-electron chi connectivity index (χ3n) is 5.09. The molecule has 3 unspecified atom stereocenters. The SMILES string of the molecule is CC.CC.NC(Cc1cccc(F)c1)C(=O)O.NC(Cc1ccccc1Cl)C(=O)O.NC(Cc1ccccc1F)C(=O)O. The van der Waals surface area contributed by atoms with Crippen LogP contribution < -0.4 is 17.2 Å². The van der Waals surface area contributed by atoms with Crippen molar-refractivity contribution in [3.63, 3.8) is 0 Å². The van der Waals surface area contributed by atoms with Gasteiger partial charge in [0.1, 0.15) is 29.8 Å². The first-order valence-electron chi connectivity index (χ1n) is 13.5. The average Bonchev–Trinajstić information content (AvgIpc) is 2.98. The molecule has 0 aromatic heterocycles. The lowest BCUT2D eigenvalue weighted by Crippen LogP contribution is -2.32. The summed E-state index contributed by atoms with van der Waals surface area (Å²) in [7, 11) is 0. The molecule has 3 aromatic carbocycles. The summed E-state index contributed by atoms with van der Waals surface area (Å²) in [6.07, 6.45) is 0.421. The second-order valence-corrected chi connectivity index (χ2v) is 8.67. The molecule has 0 bridgehead atoms. The fourth-order valence-electron chi connectivity index (χ4n) is 2.98. The smallest absolute Gasteiger partial charge is 0.320 e. The van der Waals surface area contributed by atoms with Gasteiger partial charge >= 0.3 is 17.9 Å². The van der Waals surface area contributed by atoms with E-state index in [1.165, 1.54) is 30.3 Å². The maximum absolute atomic E-state index is 13.0. The van der Waals surface area contributed by atoms with Crippen molar-refractivity contribution in [2.75, 3.05) is 0 Å². The minimum absolute atomic E-state index is 0.0159. The number of carboxylic acid groups (broad SMARTS) is 3. The molecule has 0 heterocycles. The number of rotatable bonds is 9. The van der Waals surface area contributed by atoms with Crippen molar-refractivity contribution in [1.29, 1.82) is 0 Å². The van der Waals surface area contributed by atoms with Crippen molar-refractivity contribution in [1.82, 2.24) is 0 Å². The Bertz CT molecular complexity index is 1190. The fraction of sp³-hybridized carbons (Fsp3) is 0.323. The topological polar surface area (TPSA) is 190 Å². The van der Waals surface area contributed by atoms with E-state index in [0.29, 0.717) is 16.1 Å². The molecule has 0 fully saturated rings. The van der Waals surface area contributed by atoms with E-state index in [9.17, 15) is 23.2 Å². The van der Waals surface area contributed by atoms with Crippen LogP contribution in [0.1, 0.15) is 44.4 Å². The lowest BCUT2D eigenvalue weighted by atomic mass is 10.1. The van der Waals surface area contributed by atoms with Gasteiger partial charge in [-0.15, -0.1) is 0 Å². The van der Waals surface area contributed by atoms with Gasteiger partial charge in [0.05, 0.1) is 0 Å². The van der Waals surface area contributed by atoms with Crippen LogP contribution >= 0.6 is 11.6 Å². The largest absolute Gasteiger partial charge is 0.480 e. The molecular weight excluding hydrogens is 584 g/mol. The molecule has 3 aromatic rings. The van der Waals surface area contributed by atoms with E-state index in [-0.39, 0.29) is 25.1 Å². The molecule has 9 nitrogen and oxygen atoms in total. The Labute approximate surface area is 256 Å². The summed E-state index contributed by atoms with van der Waals surface area (Å²) in [5, 5.41) is 26.1. The molecule has 0 aliphatic heterocycles. The molecule has 3 rings (SSSR count). The Morgan fingerprint density at radius 3 is 1.51 bits per heavy atom. The second kappa shape index (κ2) is 23.6. The Balaban J connectivity index is 0. The van der Waals surface area contributed by atoms with Crippen LogP contribution in [-0.2, 0) is 33.6 Å². The van der Waals surface area contributed by atoms with Crippen LogP contribution in [0.3, 0.4) is 0 Å². The lowest BCUT2D eigenvalue weighted by Gasteiger charge is -2.07. The molecule has 0 aliphatic rings. The molecule has 9 N–H and O–H groups in total. The summed E-state index contributed by atoms with van der Waals surface area (Å²) in [6, 6.07) is 15.9. The predicted molar refractivity (Wildman–Crippen MR) is 165 cm³/mol. The quantitative estimate of drug-likeness (QED) is 0.192. The van der Waals surface area contributed by atoms with Gasteiger partial charge in [0, 0.05) is 11.4 Å². The van der Waals surface area contributed by atoms with Crippen LogP contribution in [0.15, 0.2) is 72.8 Å². The maximum atomic E-state index is 13.0. The predicted octanol–water partition coefficient (Wildman–Crippen LogP) is 4.91. The zero-order chi connectivity index (χ0) is 33.5. The molecule has 3 atom stereocenters. The molecule has 238 valence electrons. The van der Waals surface area contributed by atoms with E-state index in [1.54, 1.807) is 42.5 Å². The van der Waals surface area contributed by atoms with Gasteiger partial charge in [-0.05, 0) is 53.8 Å². The van der Waals surface area contributed by atoms with E-state index in [4.69, 9.17) is 44.1 Å². The Kier molecular flexibility index (Phi) is 22.7. The van der Waals surface area contributed by atoms with Crippen molar-refractivity contribution >= 4 is 29.5 Å². The number of halogens is 3. The van der Waals surface area contributed by atoms with Crippen LogP contribution in [-0.4, -0.2) is 51.4 Å². The van der Waals surface area contributed by atoms with Crippen molar-refractivity contribution < 1.29 is 38.5 Å². The monoisotopic (exact) mass is 625 g/mol. The van der Waals surface area contributed by atoms with Crippen molar-refractivity contribution in [2.45, 2.75) is 65.1 Å². The zero-order valence-electron chi connectivity index (χ0n) is 24.7. The minimum Gasteiger partial charge on any atom is -0.480 e. The molecule has 0 spiro atoms. The van der Waals surface area contributed by atoms with E-state index >= 15 is 0 Å². The van der Waals surface area contributed by atoms with Gasteiger partial charge in [-0.2, -0.15) is 0 Å². The first-order chi connectivity index (χ1) is 20.3. The van der Waals surface area contributed by atoms with Crippen LogP contribution in [0.5, 0.6) is 0 Å². The Morgan fingerprint density at radius 2 is 1.07 bits per heavy atom. The van der Waals surface area contributed by atoms with Gasteiger partial charge in [-0.1, -0.05) is 87.8 Å². The van der Waals surface area contributed by atoms with E-state index in [1.807, 2.05) is 27.7 Å². The van der Waals surface area contributed by atoms with Crippen LogP contribution in [0.2, 0.25) is 5.02 Å². The number of benzene rings is 3. The first-order valence-corrected chi connectivity index (χ1v) is 13.9. The number of hydrogen-bond acceptors (Lipinski definition) is 6. The number of hydrogen-bond donors (Lipinski definition) is 6. The summed E-state index contributed by atoms with van der Waals surface area (Å²) >= 11 is 5.82. The molecule has 0 radical (unpaired) electrons. The summed E-state index contributed by atoms with van der Waals surface area (Å²) in [5.41, 5.74) is 17.6. The van der Waals surface area contributed by atoms with Crippen molar-refractivity contribution in [3.8, 4) is 0 Å². The highest BCUT2D eigenvalue weighted by Gasteiger charge is 2.15. The van der Waals surface area contributed by atoms with E-state index in [2.05, 4.69) is 0 Å². The maximum Gasteiger partial charge on any atom is 0.320 e. The van der Waals surface area contributed by atoms with E-state index in [0.717, 1.165) is 5.56 Å². The van der Waals surface area contributed by atoms with Crippen LogP contribution in [0, 0.1) is 11.6 Å². The Hall–Kier alpha value is -3.90. The zero-order valence-corrected chi connectivity index (χ0v) is 25.5. The number of nitrogens with two attached hydrogens (primary N) is 3. The molecule has 12 heteroatoms. The van der Waals surface area contributed by atoms with E-state index < -0.39 is 41.9 Å². The summed E-state index contributed by atoms with van der Waals surface area (Å²) in [6.45, 7) is 8.00. The van der Waals surface area contributed by atoms with Gasteiger partial charge in [0.25, 0.3) is 0 Å². The number of carboxylic acids is 3. The molecule has 0 saturated carbocycles. The highest BCUT2D eigenvalue weighted by Crippen LogP contribution is 2.16. The normalized spacial score (nSPS) is 11.6. The summed E-state index contributed by atoms with van der Waals surface area (Å²) < 4.78 is 25.6. The van der Waals surface area contributed by atoms with Crippen LogP contribution in [0.25, 0.3) is 0 Å². The Morgan fingerprint density at radius 1 is 0.651 bits per heavy atom. The summed E-state index contributed by atoms with van der Waals surface area (Å²) in [4.78, 5) is 31.2. The van der Waals surface area contributed by atoms with Crippen LogP contribution in [0.4, 0.5) is 8.78 Å². The highest BCUT2D eigenvalue weighted by atomic mass is 35.5. The minimum atomic E-state index is -1.12. The molecular formula is C31H42ClF2N3O6. The highest BCUT2D eigenvalue weighted by molar-refractivity contribution is 6.31. The standard InChI is InChI=1S/C9H10ClNO2.2C9H10FNO2.2C2H6/c10-7-4-2-1-3-6(7)5-8(11)9(12)13;10-7-3-1-2-6(4-7)5-8(11)9(12)13;10-7-4-2-1-3-6(7)5-8(11)9(12)13;2*1-2/h3*1-4,8H,5,11H2,(H,12,13);2*1-2H3. The lowest BCUT2D eigenvalue weighted by molar-refractivity contribution is -0.139. The average molecular weight is 626 g/mol. The van der Waals surface area contributed by atoms with Crippen molar-refractivity contribution in [2.24, 2.45) is 17.2 Å². The van der Waals surface area contributed by atoms with Gasteiger partial charge in [0.2, 0.25) is 0 Å².